The van der Waals surface area contributed by atoms with Gasteiger partial charge in [0.2, 0.25) is 0 Å². The van der Waals surface area contributed by atoms with Gasteiger partial charge in [0.15, 0.2) is 0 Å². The molecule has 0 aromatic heterocycles. The second kappa shape index (κ2) is 7.64. The van der Waals surface area contributed by atoms with Crippen molar-refractivity contribution in [3.8, 4) is 0 Å². The van der Waals surface area contributed by atoms with Gasteiger partial charge in [-0.3, -0.25) is 0 Å². The SMILES string of the molecule is CC1C(NC2CCCNCC2)CCCN1C(=O)OC(C)(C)C. The van der Waals surface area contributed by atoms with Crippen molar-refractivity contribution < 1.29 is 9.53 Å². The lowest BCUT2D eigenvalue weighted by Gasteiger charge is -2.41. The molecule has 3 atom stereocenters. The number of piperidine rings is 1. The third kappa shape index (κ3) is 5.13. The summed E-state index contributed by atoms with van der Waals surface area (Å²) in [5.41, 5.74) is -0.426. The third-order valence-electron chi connectivity index (χ3n) is 4.64. The fraction of sp³-hybridized carbons (Fsp3) is 0.941. The third-order valence-corrected chi connectivity index (χ3v) is 4.64. The summed E-state index contributed by atoms with van der Waals surface area (Å²) in [4.78, 5) is 14.3. The minimum atomic E-state index is -0.426. The number of likely N-dealkylation sites (tertiary alicyclic amines) is 1. The summed E-state index contributed by atoms with van der Waals surface area (Å²) in [7, 11) is 0. The molecular formula is C17H33N3O2. The van der Waals surface area contributed by atoms with Gasteiger partial charge in [-0.25, -0.2) is 4.79 Å². The van der Waals surface area contributed by atoms with Gasteiger partial charge in [-0.2, -0.15) is 0 Å². The van der Waals surface area contributed by atoms with E-state index < -0.39 is 5.60 Å². The van der Waals surface area contributed by atoms with Gasteiger partial charge in [0.1, 0.15) is 5.60 Å². The molecule has 0 aliphatic carbocycles. The number of carbonyl (C=O) groups is 1. The largest absolute Gasteiger partial charge is 0.444 e. The first-order valence-electron chi connectivity index (χ1n) is 8.83. The normalized spacial score (nSPS) is 30.7. The highest BCUT2D eigenvalue weighted by atomic mass is 16.6. The van der Waals surface area contributed by atoms with Gasteiger partial charge in [-0.05, 0) is 72.9 Å². The van der Waals surface area contributed by atoms with Gasteiger partial charge >= 0.3 is 6.09 Å². The summed E-state index contributed by atoms with van der Waals surface area (Å²) in [5, 5.41) is 7.26. The zero-order valence-electron chi connectivity index (χ0n) is 14.7. The molecular weight excluding hydrogens is 278 g/mol. The summed E-state index contributed by atoms with van der Waals surface area (Å²) in [6.07, 6.45) is 5.65. The molecule has 0 radical (unpaired) electrons. The number of nitrogens with zero attached hydrogens (tertiary/aromatic N) is 1. The molecule has 2 aliphatic rings. The topological polar surface area (TPSA) is 53.6 Å². The van der Waals surface area contributed by atoms with Gasteiger partial charge < -0.3 is 20.3 Å². The van der Waals surface area contributed by atoms with Crippen LogP contribution in [0, 0.1) is 0 Å². The van der Waals surface area contributed by atoms with Gasteiger partial charge in [0, 0.05) is 24.7 Å². The van der Waals surface area contributed by atoms with Crippen molar-refractivity contribution in [3.63, 3.8) is 0 Å². The van der Waals surface area contributed by atoms with Gasteiger partial charge in [0.25, 0.3) is 0 Å². The molecule has 5 heteroatoms. The van der Waals surface area contributed by atoms with Gasteiger partial charge in [-0.15, -0.1) is 0 Å². The van der Waals surface area contributed by atoms with Crippen molar-refractivity contribution in [1.82, 2.24) is 15.5 Å². The van der Waals surface area contributed by atoms with E-state index in [1.807, 2.05) is 25.7 Å². The van der Waals surface area contributed by atoms with Crippen LogP contribution in [0.1, 0.15) is 59.8 Å². The fourth-order valence-electron chi connectivity index (χ4n) is 3.43. The van der Waals surface area contributed by atoms with Gasteiger partial charge in [0.05, 0.1) is 0 Å². The average Bonchev–Trinajstić information content (AvgIpc) is 2.67. The predicted octanol–water partition coefficient (Wildman–Crippen LogP) is 2.51. The maximum Gasteiger partial charge on any atom is 0.410 e. The molecule has 3 unspecified atom stereocenters. The smallest absolute Gasteiger partial charge is 0.410 e. The fourth-order valence-corrected chi connectivity index (χ4v) is 3.43. The van der Waals surface area contributed by atoms with Crippen molar-refractivity contribution in [2.45, 2.75) is 83.5 Å². The van der Waals surface area contributed by atoms with E-state index in [0.29, 0.717) is 12.1 Å². The van der Waals surface area contributed by atoms with Crippen LogP contribution in [-0.4, -0.2) is 54.4 Å². The Bertz CT molecular complexity index is 359. The maximum atomic E-state index is 12.4. The number of ether oxygens (including phenoxy) is 1. The van der Waals surface area contributed by atoms with E-state index in [2.05, 4.69) is 17.6 Å². The van der Waals surface area contributed by atoms with E-state index in [-0.39, 0.29) is 12.1 Å². The van der Waals surface area contributed by atoms with Crippen LogP contribution >= 0.6 is 0 Å². The highest BCUT2D eigenvalue weighted by Crippen LogP contribution is 2.22. The first-order chi connectivity index (χ1) is 10.4. The Labute approximate surface area is 135 Å². The van der Waals surface area contributed by atoms with Crippen LogP contribution in [0.25, 0.3) is 0 Å². The molecule has 128 valence electrons. The van der Waals surface area contributed by atoms with E-state index in [1.54, 1.807) is 0 Å². The van der Waals surface area contributed by atoms with Crippen LogP contribution in [0.4, 0.5) is 4.79 Å². The molecule has 2 fully saturated rings. The van der Waals surface area contributed by atoms with Crippen molar-refractivity contribution in [2.24, 2.45) is 0 Å². The molecule has 1 amide bonds. The lowest BCUT2D eigenvalue weighted by atomic mass is 9.95. The van der Waals surface area contributed by atoms with Gasteiger partial charge in [-0.1, -0.05) is 0 Å². The Hall–Kier alpha value is -0.810. The Morgan fingerprint density at radius 1 is 1.18 bits per heavy atom. The molecule has 0 aromatic carbocycles. The molecule has 2 N–H and O–H groups in total. The molecule has 5 nitrogen and oxygen atoms in total. The Morgan fingerprint density at radius 3 is 2.68 bits per heavy atom. The zero-order valence-corrected chi connectivity index (χ0v) is 14.7. The van der Waals surface area contributed by atoms with E-state index in [4.69, 9.17) is 4.74 Å². The molecule has 0 bridgehead atoms. The molecule has 2 saturated heterocycles. The summed E-state index contributed by atoms with van der Waals surface area (Å²) < 4.78 is 5.56. The van der Waals surface area contributed by atoms with Crippen molar-refractivity contribution in [3.05, 3.63) is 0 Å². The lowest BCUT2D eigenvalue weighted by Crippen LogP contribution is -2.57. The van der Waals surface area contributed by atoms with Crippen LogP contribution in [0.2, 0.25) is 0 Å². The summed E-state index contributed by atoms with van der Waals surface area (Å²) in [6.45, 7) is 10.9. The molecule has 2 rings (SSSR count). The van der Waals surface area contributed by atoms with Crippen molar-refractivity contribution in [2.75, 3.05) is 19.6 Å². The van der Waals surface area contributed by atoms with Crippen LogP contribution in [-0.2, 0) is 4.74 Å². The molecule has 0 spiro atoms. The van der Waals surface area contributed by atoms with Crippen molar-refractivity contribution >= 4 is 6.09 Å². The quantitative estimate of drug-likeness (QED) is 0.823. The first-order valence-corrected chi connectivity index (χ1v) is 8.83. The summed E-state index contributed by atoms with van der Waals surface area (Å²) in [5.74, 6) is 0. The predicted molar refractivity (Wildman–Crippen MR) is 89.1 cm³/mol. The molecule has 0 aromatic rings. The van der Waals surface area contributed by atoms with E-state index in [0.717, 1.165) is 32.5 Å². The molecule has 2 aliphatic heterocycles. The number of hydrogen-bond donors (Lipinski definition) is 2. The first kappa shape index (κ1) is 17.5. The van der Waals surface area contributed by atoms with E-state index >= 15 is 0 Å². The zero-order chi connectivity index (χ0) is 16.2. The summed E-state index contributed by atoms with van der Waals surface area (Å²) >= 11 is 0. The standard InChI is InChI=1S/C17H33N3O2/c1-13-15(19-14-7-5-10-18-11-9-14)8-6-12-20(13)16(21)22-17(2,3)4/h13-15,18-19H,5-12H2,1-4H3. The minimum absolute atomic E-state index is 0.172. The number of nitrogens with one attached hydrogen (secondary N) is 2. The van der Waals surface area contributed by atoms with Crippen LogP contribution in [0.5, 0.6) is 0 Å². The van der Waals surface area contributed by atoms with Crippen molar-refractivity contribution in [1.29, 1.82) is 0 Å². The minimum Gasteiger partial charge on any atom is -0.444 e. The highest BCUT2D eigenvalue weighted by molar-refractivity contribution is 5.68. The highest BCUT2D eigenvalue weighted by Gasteiger charge is 2.34. The Balaban J connectivity index is 1.91. The molecule has 22 heavy (non-hydrogen) atoms. The number of hydrogen-bond acceptors (Lipinski definition) is 4. The second-order valence-electron chi connectivity index (χ2n) is 7.71. The Morgan fingerprint density at radius 2 is 1.95 bits per heavy atom. The number of amides is 1. The molecule has 2 heterocycles. The maximum absolute atomic E-state index is 12.4. The number of carbonyl (C=O) groups excluding carboxylic acids is 1. The number of rotatable bonds is 2. The van der Waals surface area contributed by atoms with Crippen LogP contribution in [0.15, 0.2) is 0 Å². The molecule has 0 saturated carbocycles. The lowest BCUT2D eigenvalue weighted by molar-refractivity contribution is 0.00621. The van der Waals surface area contributed by atoms with E-state index in [9.17, 15) is 4.79 Å². The summed E-state index contributed by atoms with van der Waals surface area (Å²) in [6, 6.07) is 1.14. The monoisotopic (exact) mass is 311 g/mol. The average molecular weight is 311 g/mol. The van der Waals surface area contributed by atoms with Crippen LogP contribution < -0.4 is 10.6 Å². The van der Waals surface area contributed by atoms with Crippen LogP contribution in [0.3, 0.4) is 0 Å². The Kier molecular flexibility index (Phi) is 6.09. The second-order valence-corrected chi connectivity index (χ2v) is 7.71. The van der Waals surface area contributed by atoms with E-state index in [1.165, 1.54) is 19.3 Å².